The van der Waals surface area contributed by atoms with Crippen molar-refractivity contribution in [3.63, 3.8) is 0 Å². The molecule has 0 aliphatic carbocycles. The summed E-state index contributed by atoms with van der Waals surface area (Å²) in [5, 5.41) is 37.0. The van der Waals surface area contributed by atoms with Crippen LogP contribution in [0.15, 0.2) is 42.5 Å². The number of thioether (sulfide) groups is 1. The van der Waals surface area contributed by atoms with E-state index in [9.17, 15) is 29.7 Å². The van der Waals surface area contributed by atoms with E-state index in [0.717, 1.165) is 53.7 Å². The summed E-state index contributed by atoms with van der Waals surface area (Å²) in [5.74, 6) is 2.13. The molecule has 12 heteroatoms. The lowest BCUT2D eigenvalue weighted by Gasteiger charge is -2.40. The van der Waals surface area contributed by atoms with Gasteiger partial charge in [-0.1, -0.05) is 48.4 Å². The van der Waals surface area contributed by atoms with Crippen LogP contribution in [0.1, 0.15) is 73.5 Å². The number of aryl methyl sites for hydroxylation is 2. The zero-order valence-corrected chi connectivity index (χ0v) is 31.1. The highest BCUT2D eigenvalue weighted by Crippen LogP contribution is 2.36. The first-order valence-corrected chi connectivity index (χ1v) is 19.0. The number of likely N-dealkylation sites (tertiary alicyclic amines) is 1. The highest BCUT2D eigenvalue weighted by molar-refractivity contribution is 7.99. The first-order chi connectivity index (χ1) is 24.3. The second-order valence-corrected chi connectivity index (χ2v) is 15.0. The number of aliphatic hydroxyl groups is 3. The van der Waals surface area contributed by atoms with E-state index in [1.54, 1.807) is 20.1 Å². The summed E-state index contributed by atoms with van der Waals surface area (Å²) >= 11 is 1.29. The zero-order valence-electron chi connectivity index (χ0n) is 30.3. The predicted molar refractivity (Wildman–Crippen MR) is 199 cm³/mol. The third kappa shape index (κ3) is 11.3. The van der Waals surface area contributed by atoms with E-state index in [4.69, 9.17) is 11.2 Å². The summed E-state index contributed by atoms with van der Waals surface area (Å²) in [6, 6.07) is 14.1. The molecular formula is C39H54N4O7S. The molecule has 0 radical (unpaired) electrons. The molecule has 2 aliphatic rings. The van der Waals surface area contributed by atoms with Crippen molar-refractivity contribution in [3.8, 4) is 12.3 Å². The van der Waals surface area contributed by atoms with E-state index >= 15 is 0 Å². The zero-order chi connectivity index (χ0) is 37.1. The Hall–Kier alpha value is -3.44. The SMILES string of the molecule is C#CCN(CCNC(=O)C(C)(C)NC(=O)CCCc1ccc(Cc2cc([C@@H]3O[C@H](SC)[C@@H](O)[C@H](O)[C@H]3O)ccc2C)cc1)CC(=O)N1CCCC1. The van der Waals surface area contributed by atoms with E-state index in [1.165, 1.54) is 11.8 Å². The van der Waals surface area contributed by atoms with Crippen LogP contribution < -0.4 is 10.6 Å². The van der Waals surface area contributed by atoms with Crippen LogP contribution in [-0.2, 0) is 32.0 Å². The molecule has 278 valence electrons. The topological polar surface area (TPSA) is 152 Å². The quantitative estimate of drug-likeness (QED) is 0.165. The van der Waals surface area contributed by atoms with E-state index in [2.05, 4.69) is 40.8 Å². The monoisotopic (exact) mass is 722 g/mol. The van der Waals surface area contributed by atoms with Gasteiger partial charge in [0.15, 0.2) is 0 Å². The lowest BCUT2D eigenvalue weighted by molar-refractivity contribution is -0.200. The minimum Gasteiger partial charge on any atom is -0.387 e. The van der Waals surface area contributed by atoms with Crippen molar-refractivity contribution in [2.75, 3.05) is 45.5 Å². The van der Waals surface area contributed by atoms with E-state index < -0.39 is 35.4 Å². The van der Waals surface area contributed by atoms with Crippen LogP contribution in [0.3, 0.4) is 0 Å². The minimum atomic E-state index is -1.30. The van der Waals surface area contributed by atoms with Crippen LogP contribution in [-0.4, -0.2) is 118 Å². The number of amides is 3. The van der Waals surface area contributed by atoms with Gasteiger partial charge in [0.1, 0.15) is 35.4 Å². The molecule has 0 bridgehead atoms. The van der Waals surface area contributed by atoms with E-state index in [-0.39, 0.29) is 30.7 Å². The normalized spacial score (nSPS) is 22.1. The number of aliphatic hydroxyl groups excluding tert-OH is 3. The van der Waals surface area contributed by atoms with Crippen LogP contribution in [0.4, 0.5) is 0 Å². The first-order valence-electron chi connectivity index (χ1n) is 17.8. The number of nitrogens with zero attached hydrogens (tertiary/aromatic N) is 2. The van der Waals surface area contributed by atoms with Crippen molar-refractivity contribution in [1.82, 2.24) is 20.4 Å². The number of carbonyl (C=O) groups is 3. The molecule has 0 aromatic heterocycles. The summed E-state index contributed by atoms with van der Waals surface area (Å²) in [4.78, 5) is 41.9. The lowest BCUT2D eigenvalue weighted by atomic mass is 9.91. The number of hydrogen-bond acceptors (Lipinski definition) is 9. The van der Waals surface area contributed by atoms with Gasteiger partial charge in [-0.2, -0.15) is 0 Å². The molecule has 2 fully saturated rings. The van der Waals surface area contributed by atoms with Gasteiger partial charge in [-0.3, -0.25) is 19.3 Å². The fourth-order valence-electron chi connectivity index (χ4n) is 6.49. The summed E-state index contributed by atoms with van der Waals surface area (Å²) < 4.78 is 5.96. The fraction of sp³-hybridized carbons (Fsp3) is 0.564. The maximum Gasteiger partial charge on any atom is 0.245 e. The second-order valence-electron chi connectivity index (χ2n) is 14.1. The molecular weight excluding hydrogens is 669 g/mol. The molecule has 5 N–H and O–H groups in total. The molecule has 11 nitrogen and oxygen atoms in total. The van der Waals surface area contributed by atoms with Crippen molar-refractivity contribution >= 4 is 29.5 Å². The van der Waals surface area contributed by atoms with Crippen molar-refractivity contribution in [3.05, 3.63) is 70.3 Å². The number of hydrogen-bond donors (Lipinski definition) is 5. The Morgan fingerprint density at radius 3 is 2.39 bits per heavy atom. The summed E-state index contributed by atoms with van der Waals surface area (Å²) in [7, 11) is 0. The number of benzene rings is 2. The Kier molecular flexibility index (Phi) is 14.9. The number of terminal acetylenes is 1. The average molecular weight is 723 g/mol. The Bertz CT molecular complexity index is 1520. The smallest absolute Gasteiger partial charge is 0.245 e. The van der Waals surface area contributed by atoms with Crippen molar-refractivity contribution < 1.29 is 34.4 Å². The maximum atomic E-state index is 12.9. The predicted octanol–water partition coefficient (Wildman–Crippen LogP) is 2.32. The van der Waals surface area contributed by atoms with E-state index in [1.807, 2.05) is 34.9 Å². The Labute approximate surface area is 306 Å². The Morgan fingerprint density at radius 2 is 1.73 bits per heavy atom. The second kappa shape index (κ2) is 18.9. The van der Waals surface area contributed by atoms with Crippen molar-refractivity contribution in [2.45, 2.75) is 94.7 Å². The van der Waals surface area contributed by atoms with Gasteiger partial charge in [0.2, 0.25) is 17.7 Å². The van der Waals surface area contributed by atoms with Crippen LogP contribution in [0, 0.1) is 19.3 Å². The largest absolute Gasteiger partial charge is 0.387 e. The van der Waals surface area contributed by atoms with Crippen LogP contribution in [0.25, 0.3) is 0 Å². The standard InChI is InChI=1S/C39H54N4O7S/c1-6-19-42(25-32(45)43-20-7-8-21-43)22-18-40-38(49)39(3,4)41-31(44)11-9-10-27-13-15-28(16-14-27)23-30-24-29(17-12-26(30)2)36-34(47)33(46)35(48)37(50-36)51-5/h1,12-17,24,33-37,46-48H,7-11,18-23,25H2,2-5H3,(H,40,49)(H,41,44)/t33-,34-,35+,36+,37-/m1/s1. The summed E-state index contributed by atoms with van der Waals surface area (Å²) in [6.45, 7) is 8.20. The highest BCUT2D eigenvalue weighted by atomic mass is 32.2. The molecule has 2 heterocycles. The first kappa shape index (κ1) is 40.3. The minimum absolute atomic E-state index is 0.0526. The number of ether oxygens (including phenoxy) is 1. The van der Waals surface area contributed by atoms with Gasteiger partial charge in [0, 0.05) is 32.6 Å². The molecule has 2 aromatic rings. The third-order valence-corrected chi connectivity index (χ3v) is 10.5. The van der Waals surface area contributed by atoms with Gasteiger partial charge in [-0.25, -0.2) is 0 Å². The molecule has 3 amide bonds. The molecule has 51 heavy (non-hydrogen) atoms. The maximum absolute atomic E-state index is 12.9. The Morgan fingerprint density at radius 1 is 1.04 bits per heavy atom. The highest BCUT2D eigenvalue weighted by Gasteiger charge is 2.44. The van der Waals surface area contributed by atoms with Gasteiger partial charge in [0.25, 0.3) is 0 Å². The van der Waals surface area contributed by atoms with E-state index in [0.29, 0.717) is 38.9 Å². The summed E-state index contributed by atoms with van der Waals surface area (Å²) in [6.07, 6.45) is 7.14. The molecule has 0 saturated carbocycles. The van der Waals surface area contributed by atoms with Crippen molar-refractivity contribution in [1.29, 1.82) is 0 Å². The number of rotatable bonds is 16. The van der Waals surface area contributed by atoms with Gasteiger partial charge < -0.3 is 35.6 Å². The van der Waals surface area contributed by atoms with Crippen LogP contribution in [0.5, 0.6) is 0 Å². The molecule has 2 aromatic carbocycles. The van der Waals surface area contributed by atoms with Crippen molar-refractivity contribution in [2.24, 2.45) is 0 Å². The van der Waals surface area contributed by atoms with Gasteiger partial charge >= 0.3 is 0 Å². The van der Waals surface area contributed by atoms with Gasteiger partial charge in [-0.05, 0) is 86.9 Å². The van der Waals surface area contributed by atoms with Crippen LogP contribution in [0.2, 0.25) is 0 Å². The third-order valence-electron chi connectivity index (χ3n) is 9.66. The molecule has 2 saturated heterocycles. The number of carbonyl (C=O) groups excluding carboxylic acids is 3. The molecule has 5 atom stereocenters. The molecule has 2 aliphatic heterocycles. The average Bonchev–Trinajstić information content (AvgIpc) is 3.65. The summed E-state index contributed by atoms with van der Waals surface area (Å²) in [5.41, 5.74) is 3.37. The molecule has 4 rings (SSSR count). The van der Waals surface area contributed by atoms with Gasteiger partial charge in [-0.15, -0.1) is 18.2 Å². The fourth-order valence-corrected chi connectivity index (χ4v) is 7.16. The lowest BCUT2D eigenvalue weighted by Crippen LogP contribution is -2.55. The molecule has 0 spiro atoms. The molecule has 0 unspecified atom stereocenters. The van der Waals surface area contributed by atoms with Gasteiger partial charge in [0.05, 0.1) is 13.1 Å². The van der Waals surface area contributed by atoms with Crippen LogP contribution >= 0.6 is 11.8 Å². The Balaban J connectivity index is 1.21. The number of nitrogens with one attached hydrogen (secondary N) is 2.